The molecule has 0 radical (unpaired) electrons. The summed E-state index contributed by atoms with van der Waals surface area (Å²) in [6.07, 6.45) is 2.81. The van der Waals surface area contributed by atoms with Crippen molar-refractivity contribution in [1.82, 2.24) is 10.4 Å². The van der Waals surface area contributed by atoms with Crippen molar-refractivity contribution >= 4 is 34.1 Å². The van der Waals surface area contributed by atoms with E-state index in [9.17, 15) is 4.79 Å². The molecule has 3 aromatic rings. The van der Waals surface area contributed by atoms with Gasteiger partial charge in [-0.15, -0.1) is 0 Å². The molecule has 0 spiro atoms. The zero-order chi connectivity index (χ0) is 16.1. The van der Waals surface area contributed by atoms with Gasteiger partial charge in [-0.25, -0.2) is 0 Å². The average Bonchev–Trinajstić information content (AvgIpc) is 2.58. The lowest BCUT2D eigenvalue weighted by Gasteiger charge is -2.11. The van der Waals surface area contributed by atoms with Gasteiger partial charge in [0.05, 0.1) is 11.2 Å². The van der Waals surface area contributed by atoms with Crippen LogP contribution in [-0.4, -0.2) is 10.9 Å². The second-order valence-electron chi connectivity index (χ2n) is 5.18. The largest absolute Gasteiger partial charge is 0.298 e. The van der Waals surface area contributed by atoms with Gasteiger partial charge in [0.1, 0.15) is 0 Å². The van der Waals surface area contributed by atoms with Crippen molar-refractivity contribution in [3.05, 3.63) is 71.4 Å². The van der Waals surface area contributed by atoms with E-state index < -0.39 is 0 Å². The Morgan fingerprint density at radius 2 is 1.91 bits per heavy atom. The molecule has 1 aromatic heterocycles. The molecular weight excluding hydrogens is 310 g/mol. The van der Waals surface area contributed by atoms with Crippen LogP contribution in [-0.2, 0) is 11.2 Å². The monoisotopic (exact) mass is 325 g/mol. The molecule has 4 nitrogen and oxygen atoms in total. The minimum absolute atomic E-state index is 0.0622. The molecule has 0 fully saturated rings. The Morgan fingerprint density at radius 1 is 1.09 bits per heavy atom. The van der Waals surface area contributed by atoms with Gasteiger partial charge in [0.25, 0.3) is 0 Å². The third-order valence-corrected chi connectivity index (χ3v) is 3.76. The van der Waals surface area contributed by atoms with E-state index in [1.807, 2.05) is 42.5 Å². The molecule has 0 bridgehead atoms. The molecule has 1 amide bonds. The number of hydrazine groups is 1. The molecule has 23 heavy (non-hydrogen) atoms. The first-order chi connectivity index (χ1) is 11.2. The molecule has 0 aliphatic carbocycles. The second-order valence-corrected chi connectivity index (χ2v) is 5.62. The predicted molar refractivity (Wildman–Crippen MR) is 93.3 cm³/mol. The fourth-order valence-corrected chi connectivity index (χ4v) is 2.50. The molecule has 2 aromatic carbocycles. The number of nitrogens with one attached hydrogen (secondary N) is 2. The van der Waals surface area contributed by atoms with Crippen LogP contribution in [0.3, 0.4) is 0 Å². The number of fused-ring (bicyclic) bond motifs is 1. The highest BCUT2D eigenvalue weighted by atomic mass is 35.5. The van der Waals surface area contributed by atoms with Crippen LogP contribution in [0.5, 0.6) is 0 Å². The van der Waals surface area contributed by atoms with Gasteiger partial charge >= 0.3 is 0 Å². The van der Waals surface area contributed by atoms with E-state index in [0.717, 1.165) is 22.2 Å². The summed E-state index contributed by atoms with van der Waals surface area (Å²) in [5.74, 6) is -0.0622. The van der Waals surface area contributed by atoms with Crippen molar-refractivity contribution in [2.24, 2.45) is 0 Å². The Kier molecular flexibility index (Phi) is 4.74. The molecular formula is C18H16ClN3O. The molecule has 5 heteroatoms. The zero-order valence-electron chi connectivity index (χ0n) is 12.4. The van der Waals surface area contributed by atoms with Gasteiger partial charge in [-0.1, -0.05) is 41.9 Å². The van der Waals surface area contributed by atoms with Crippen LogP contribution in [0, 0.1) is 0 Å². The number of carbonyl (C=O) groups is 1. The van der Waals surface area contributed by atoms with E-state index in [-0.39, 0.29) is 5.91 Å². The number of nitrogens with zero attached hydrogens (tertiary/aromatic N) is 1. The maximum atomic E-state index is 12.0. The number of hydrogen-bond donors (Lipinski definition) is 2. The maximum absolute atomic E-state index is 12.0. The van der Waals surface area contributed by atoms with E-state index in [4.69, 9.17) is 11.6 Å². The molecule has 0 atom stereocenters. The van der Waals surface area contributed by atoms with Crippen molar-refractivity contribution in [3.63, 3.8) is 0 Å². The summed E-state index contributed by atoms with van der Waals surface area (Å²) in [6, 6.07) is 17.2. The summed E-state index contributed by atoms with van der Waals surface area (Å²) >= 11 is 5.97. The minimum atomic E-state index is -0.0622. The van der Waals surface area contributed by atoms with Crippen molar-refractivity contribution in [2.45, 2.75) is 12.8 Å². The molecule has 0 saturated heterocycles. The number of rotatable bonds is 5. The van der Waals surface area contributed by atoms with E-state index >= 15 is 0 Å². The predicted octanol–water partition coefficient (Wildman–Crippen LogP) is 3.96. The summed E-state index contributed by atoms with van der Waals surface area (Å²) in [5, 5.41) is 1.54. The highest BCUT2D eigenvalue weighted by molar-refractivity contribution is 6.31. The number of hydrogen-bond acceptors (Lipinski definition) is 3. The van der Waals surface area contributed by atoms with Crippen LogP contribution in [0.4, 0.5) is 5.69 Å². The number of carbonyl (C=O) groups excluding carboxylic acids is 1. The van der Waals surface area contributed by atoms with Crippen molar-refractivity contribution in [2.75, 3.05) is 5.43 Å². The molecule has 1 heterocycles. The first-order valence-corrected chi connectivity index (χ1v) is 7.73. The zero-order valence-corrected chi connectivity index (χ0v) is 13.2. The van der Waals surface area contributed by atoms with Gasteiger partial charge in [-0.3, -0.25) is 20.6 Å². The maximum Gasteiger partial charge on any atom is 0.238 e. The number of aromatic nitrogens is 1. The van der Waals surface area contributed by atoms with Gasteiger partial charge in [0.2, 0.25) is 5.91 Å². The third-order valence-electron chi connectivity index (χ3n) is 3.52. The van der Waals surface area contributed by atoms with Crippen LogP contribution in [0.1, 0.15) is 12.0 Å². The molecule has 2 N–H and O–H groups in total. The Hall–Kier alpha value is -2.59. The lowest BCUT2D eigenvalue weighted by Crippen LogP contribution is -2.29. The molecule has 116 valence electrons. The summed E-state index contributed by atoms with van der Waals surface area (Å²) in [5.41, 5.74) is 8.40. The number of benzene rings is 2. The van der Waals surface area contributed by atoms with E-state index in [1.165, 1.54) is 0 Å². The Balaban J connectivity index is 1.61. The minimum Gasteiger partial charge on any atom is -0.298 e. The summed E-state index contributed by atoms with van der Waals surface area (Å²) < 4.78 is 0. The second kappa shape index (κ2) is 7.11. The summed E-state index contributed by atoms with van der Waals surface area (Å²) in [7, 11) is 0. The van der Waals surface area contributed by atoms with Crippen molar-refractivity contribution < 1.29 is 4.79 Å². The number of halogens is 1. The molecule has 0 unspecified atom stereocenters. The van der Waals surface area contributed by atoms with Crippen LogP contribution >= 0.6 is 11.6 Å². The number of aryl methyl sites for hydroxylation is 1. The Labute approximate surface area is 139 Å². The highest BCUT2D eigenvalue weighted by Crippen LogP contribution is 2.23. The van der Waals surface area contributed by atoms with Gasteiger partial charge in [-0.05, 0) is 36.2 Å². The topological polar surface area (TPSA) is 54.0 Å². The molecule has 0 aliphatic rings. The van der Waals surface area contributed by atoms with E-state index in [0.29, 0.717) is 17.9 Å². The SMILES string of the molecule is O=C(CCc1ccccc1)NNc1ccnc2cc(Cl)ccc12. The van der Waals surface area contributed by atoms with Gasteiger partial charge in [0, 0.05) is 23.0 Å². The molecule has 3 rings (SSSR count). The normalized spacial score (nSPS) is 10.5. The standard InChI is InChI=1S/C18H16ClN3O/c19-14-7-8-15-16(10-11-20-17(15)12-14)21-22-18(23)9-6-13-4-2-1-3-5-13/h1-5,7-8,10-12H,6,9H2,(H,20,21)(H,22,23). The molecule has 0 saturated carbocycles. The first kappa shape index (κ1) is 15.3. The number of pyridine rings is 1. The lowest BCUT2D eigenvalue weighted by molar-refractivity contribution is -0.120. The van der Waals surface area contributed by atoms with Crippen molar-refractivity contribution in [1.29, 1.82) is 0 Å². The van der Waals surface area contributed by atoms with Gasteiger partial charge in [-0.2, -0.15) is 0 Å². The average molecular weight is 326 g/mol. The van der Waals surface area contributed by atoms with Crippen LogP contribution < -0.4 is 10.9 Å². The van der Waals surface area contributed by atoms with Gasteiger partial charge < -0.3 is 0 Å². The first-order valence-electron chi connectivity index (χ1n) is 7.35. The molecule has 0 aliphatic heterocycles. The summed E-state index contributed by atoms with van der Waals surface area (Å²) in [4.78, 5) is 16.2. The Morgan fingerprint density at radius 3 is 2.74 bits per heavy atom. The van der Waals surface area contributed by atoms with E-state index in [1.54, 1.807) is 18.3 Å². The van der Waals surface area contributed by atoms with Crippen LogP contribution in [0.2, 0.25) is 5.02 Å². The fourth-order valence-electron chi connectivity index (χ4n) is 2.33. The lowest BCUT2D eigenvalue weighted by atomic mass is 10.1. The van der Waals surface area contributed by atoms with Gasteiger partial charge in [0.15, 0.2) is 0 Å². The smallest absolute Gasteiger partial charge is 0.238 e. The quantitative estimate of drug-likeness (QED) is 0.698. The number of amides is 1. The fraction of sp³-hybridized carbons (Fsp3) is 0.111. The number of anilines is 1. The van der Waals surface area contributed by atoms with Crippen molar-refractivity contribution in [3.8, 4) is 0 Å². The summed E-state index contributed by atoms with van der Waals surface area (Å²) in [6.45, 7) is 0. The van der Waals surface area contributed by atoms with E-state index in [2.05, 4.69) is 15.8 Å². The van der Waals surface area contributed by atoms with Crippen LogP contribution in [0.25, 0.3) is 10.9 Å². The van der Waals surface area contributed by atoms with Crippen LogP contribution in [0.15, 0.2) is 60.8 Å². The third kappa shape index (κ3) is 3.99. The Bertz CT molecular complexity index is 821. The highest BCUT2D eigenvalue weighted by Gasteiger charge is 2.05.